The zero-order valence-electron chi connectivity index (χ0n) is 12.2. The van der Waals surface area contributed by atoms with Crippen molar-refractivity contribution >= 4 is 23.5 Å². The van der Waals surface area contributed by atoms with E-state index in [2.05, 4.69) is 10.3 Å². The quantitative estimate of drug-likeness (QED) is 0.695. The molecule has 1 rings (SSSR count). The molecule has 1 amide bonds. The van der Waals surface area contributed by atoms with Crippen LogP contribution < -0.4 is 5.32 Å². The van der Waals surface area contributed by atoms with Crippen LogP contribution in [0.4, 0.5) is 0 Å². The van der Waals surface area contributed by atoms with E-state index in [0.29, 0.717) is 11.3 Å². The van der Waals surface area contributed by atoms with Gasteiger partial charge in [0.1, 0.15) is 5.15 Å². The molecule has 0 aliphatic carbocycles. The number of aliphatic carboxylic acids is 1. The molecule has 1 atom stereocenters. The summed E-state index contributed by atoms with van der Waals surface area (Å²) in [5.41, 5.74) is -0.506. The first-order chi connectivity index (χ1) is 9.60. The number of carbonyl (C=O) groups is 2. The average molecular weight is 315 g/mol. The van der Waals surface area contributed by atoms with E-state index in [0.717, 1.165) is 0 Å². The maximum Gasteiger partial charge on any atom is 0.306 e. The number of aromatic nitrogens is 1. The van der Waals surface area contributed by atoms with E-state index in [4.69, 9.17) is 16.7 Å². The topological polar surface area (TPSA) is 99.5 Å². The molecular weight excluding hydrogens is 296 g/mol. The third kappa shape index (κ3) is 5.69. The minimum atomic E-state index is -1.51. The second-order valence-corrected chi connectivity index (χ2v) is 5.90. The van der Waals surface area contributed by atoms with Gasteiger partial charge in [-0.3, -0.25) is 9.59 Å². The Morgan fingerprint density at radius 2 is 2.05 bits per heavy atom. The molecule has 0 aliphatic rings. The van der Waals surface area contributed by atoms with Crippen molar-refractivity contribution in [2.24, 2.45) is 0 Å². The molecule has 0 aromatic carbocycles. The van der Waals surface area contributed by atoms with E-state index >= 15 is 0 Å². The van der Waals surface area contributed by atoms with Gasteiger partial charge in [0, 0.05) is 17.8 Å². The van der Waals surface area contributed by atoms with Gasteiger partial charge in [-0.2, -0.15) is 0 Å². The molecule has 0 bridgehead atoms. The van der Waals surface area contributed by atoms with Gasteiger partial charge in [0.2, 0.25) is 0 Å². The fourth-order valence-corrected chi connectivity index (χ4v) is 1.92. The first-order valence-electron chi connectivity index (χ1n) is 6.50. The van der Waals surface area contributed by atoms with E-state index in [9.17, 15) is 14.7 Å². The van der Waals surface area contributed by atoms with Crippen LogP contribution in [0.1, 0.15) is 49.2 Å². The number of carboxylic acids is 1. The van der Waals surface area contributed by atoms with Crippen LogP contribution in [0.25, 0.3) is 0 Å². The van der Waals surface area contributed by atoms with Crippen molar-refractivity contribution in [3.05, 3.63) is 28.5 Å². The summed E-state index contributed by atoms with van der Waals surface area (Å²) in [4.78, 5) is 26.8. The molecule has 0 saturated heterocycles. The number of carbonyl (C=O) groups excluding carboxylic acids is 1. The molecule has 0 saturated carbocycles. The van der Waals surface area contributed by atoms with Gasteiger partial charge in [0.05, 0.1) is 12.0 Å². The molecule has 1 heterocycles. The normalized spacial score (nSPS) is 13.8. The number of rotatable bonds is 6. The van der Waals surface area contributed by atoms with Crippen molar-refractivity contribution in [3.8, 4) is 0 Å². The van der Waals surface area contributed by atoms with Crippen LogP contribution in [0.3, 0.4) is 0 Å². The first kappa shape index (κ1) is 17.4. The Labute approximate surface area is 128 Å². The zero-order valence-corrected chi connectivity index (χ0v) is 12.9. The molecule has 0 fully saturated rings. The lowest BCUT2D eigenvalue weighted by molar-refractivity contribution is -0.141. The van der Waals surface area contributed by atoms with Crippen LogP contribution in [-0.2, 0) is 4.79 Å². The van der Waals surface area contributed by atoms with Gasteiger partial charge in [-0.25, -0.2) is 4.98 Å². The number of hydrogen-bond acceptors (Lipinski definition) is 4. The largest absolute Gasteiger partial charge is 0.481 e. The second kappa shape index (κ2) is 6.87. The monoisotopic (exact) mass is 314 g/mol. The number of aliphatic hydroxyl groups is 1. The summed E-state index contributed by atoms with van der Waals surface area (Å²) < 4.78 is 0. The minimum Gasteiger partial charge on any atom is -0.481 e. The molecule has 6 nitrogen and oxygen atoms in total. The third-order valence-electron chi connectivity index (χ3n) is 2.83. The SMILES string of the molecule is CC(C)c1cc(C(=O)NCC(C)(O)CC(=O)O)cc(Cl)n1. The molecule has 0 spiro atoms. The molecule has 0 aliphatic heterocycles. The van der Waals surface area contributed by atoms with Gasteiger partial charge in [0.15, 0.2) is 0 Å². The molecule has 1 aromatic heterocycles. The number of halogens is 1. The van der Waals surface area contributed by atoms with Crippen LogP contribution in [0, 0.1) is 0 Å². The lowest BCUT2D eigenvalue weighted by Crippen LogP contribution is -2.42. The van der Waals surface area contributed by atoms with Crippen molar-refractivity contribution in [1.82, 2.24) is 10.3 Å². The first-order valence-corrected chi connectivity index (χ1v) is 6.88. The van der Waals surface area contributed by atoms with Crippen LogP contribution >= 0.6 is 11.6 Å². The second-order valence-electron chi connectivity index (χ2n) is 5.51. The Morgan fingerprint density at radius 3 is 2.57 bits per heavy atom. The van der Waals surface area contributed by atoms with E-state index in [1.807, 2.05) is 13.8 Å². The van der Waals surface area contributed by atoms with Crippen LogP contribution in [0.2, 0.25) is 5.15 Å². The van der Waals surface area contributed by atoms with Crippen molar-refractivity contribution < 1.29 is 19.8 Å². The maximum absolute atomic E-state index is 12.0. The predicted molar refractivity (Wildman–Crippen MR) is 78.5 cm³/mol. The number of amides is 1. The summed E-state index contributed by atoms with van der Waals surface area (Å²) in [5, 5.41) is 21.2. The number of carboxylic acid groups (broad SMARTS) is 1. The summed E-state index contributed by atoms with van der Waals surface area (Å²) >= 11 is 5.88. The highest BCUT2D eigenvalue weighted by atomic mass is 35.5. The van der Waals surface area contributed by atoms with Gasteiger partial charge in [-0.05, 0) is 25.0 Å². The maximum atomic E-state index is 12.0. The highest BCUT2D eigenvalue weighted by Gasteiger charge is 2.25. The Bertz CT molecular complexity index is 544. The third-order valence-corrected chi connectivity index (χ3v) is 3.02. The standard InChI is InChI=1S/C14H19ClN2O4/c1-8(2)10-4-9(5-11(15)17-10)13(20)16-7-14(3,21)6-12(18)19/h4-5,8,21H,6-7H2,1-3H3,(H,16,20)(H,18,19). The Hall–Kier alpha value is -1.66. The van der Waals surface area contributed by atoms with Gasteiger partial charge in [-0.15, -0.1) is 0 Å². The molecular formula is C14H19ClN2O4. The highest BCUT2D eigenvalue weighted by molar-refractivity contribution is 6.29. The zero-order chi connectivity index (χ0) is 16.2. The fraction of sp³-hybridized carbons (Fsp3) is 0.500. The van der Waals surface area contributed by atoms with Gasteiger partial charge < -0.3 is 15.5 Å². The smallest absolute Gasteiger partial charge is 0.306 e. The summed E-state index contributed by atoms with van der Waals surface area (Å²) in [6, 6.07) is 3.05. The van der Waals surface area contributed by atoms with Gasteiger partial charge in [0.25, 0.3) is 5.91 Å². The Morgan fingerprint density at radius 1 is 1.43 bits per heavy atom. The van der Waals surface area contributed by atoms with Crippen molar-refractivity contribution in [1.29, 1.82) is 0 Å². The summed E-state index contributed by atoms with van der Waals surface area (Å²) in [6.45, 7) is 5.03. The molecule has 0 radical (unpaired) electrons. The highest BCUT2D eigenvalue weighted by Crippen LogP contribution is 2.18. The molecule has 1 aromatic rings. The molecule has 1 unspecified atom stereocenters. The van der Waals surface area contributed by atoms with Crippen LogP contribution in [0.15, 0.2) is 12.1 Å². The van der Waals surface area contributed by atoms with Crippen LogP contribution in [-0.4, -0.2) is 39.2 Å². The minimum absolute atomic E-state index is 0.116. The number of hydrogen-bond donors (Lipinski definition) is 3. The van der Waals surface area contributed by atoms with Gasteiger partial charge in [-0.1, -0.05) is 25.4 Å². The lowest BCUT2D eigenvalue weighted by atomic mass is 10.0. The molecule has 116 valence electrons. The van der Waals surface area contributed by atoms with E-state index < -0.39 is 23.9 Å². The molecule has 7 heteroatoms. The molecule has 21 heavy (non-hydrogen) atoms. The predicted octanol–water partition coefficient (Wildman–Crippen LogP) is 1.81. The molecule has 3 N–H and O–H groups in total. The van der Waals surface area contributed by atoms with Gasteiger partial charge >= 0.3 is 5.97 Å². The number of pyridine rings is 1. The van der Waals surface area contributed by atoms with Crippen LogP contribution in [0.5, 0.6) is 0 Å². The Kier molecular flexibility index (Phi) is 5.69. The fourth-order valence-electron chi connectivity index (χ4n) is 1.71. The number of nitrogens with zero attached hydrogens (tertiary/aromatic N) is 1. The lowest BCUT2D eigenvalue weighted by Gasteiger charge is -2.21. The van der Waals surface area contributed by atoms with Crippen molar-refractivity contribution in [2.75, 3.05) is 6.54 Å². The summed E-state index contributed by atoms with van der Waals surface area (Å²) in [5.74, 6) is -1.46. The van der Waals surface area contributed by atoms with Crippen molar-refractivity contribution in [2.45, 2.75) is 38.7 Å². The van der Waals surface area contributed by atoms with Crippen molar-refractivity contribution in [3.63, 3.8) is 0 Å². The summed E-state index contributed by atoms with van der Waals surface area (Å²) in [7, 11) is 0. The number of nitrogens with one attached hydrogen (secondary N) is 1. The van der Waals surface area contributed by atoms with E-state index in [1.54, 1.807) is 6.07 Å². The summed E-state index contributed by atoms with van der Waals surface area (Å²) in [6.07, 6.45) is -0.457. The van der Waals surface area contributed by atoms with E-state index in [1.165, 1.54) is 13.0 Å². The van der Waals surface area contributed by atoms with E-state index in [-0.39, 0.29) is 17.6 Å². The average Bonchev–Trinajstić information content (AvgIpc) is 2.33. The Balaban J connectivity index is 2.78.